The highest BCUT2D eigenvalue weighted by Gasteiger charge is 2.17. The van der Waals surface area contributed by atoms with Crippen LogP contribution in [0.25, 0.3) is 0 Å². The zero-order valence-electron chi connectivity index (χ0n) is 12.2. The molecule has 2 heterocycles. The molecule has 1 atom stereocenters. The fourth-order valence-corrected chi connectivity index (χ4v) is 2.87. The van der Waals surface area contributed by atoms with Gasteiger partial charge in [0.25, 0.3) is 0 Å². The Balaban J connectivity index is 1.66. The Hall–Kier alpha value is -1.26. The van der Waals surface area contributed by atoms with Gasteiger partial charge in [0.15, 0.2) is 0 Å². The average molecular weight is 276 g/mol. The van der Waals surface area contributed by atoms with E-state index in [1.54, 1.807) is 0 Å². The molecule has 1 aromatic carbocycles. The highest BCUT2D eigenvalue weighted by atomic mass is 16.5. The standard InChI is InChI=1S/C16H24N2O2/c1-13-11-14(18-8-6-17-7-9-18)4-5-16(13)20-15-3-2-10-19-12-15/h4-5,11,15,17H,2-3,6-10,12H2,1H3. The Kier molecular flexibility index (Phi) is 4.43. The SMILES string of the molecule is Cc1cc(N2CCNCC2)ccc1OC1CCCOC1. The molecule has 2 fully saturated rings. The molecule has 0 aliphatic carbocycles. The van der Waals surface area contributed by atoms with Crippen LogP contribution in [0, 0.1) is 6.92 Å². The van der Waals surface area contributed by atoms with Gasteiger partial charge in [-0.05, 0) is 43.5 Å². The van der Waals surface area contributed by atoms with Gasteiger partial charge >= 0.3 is 0 Å². The molecule has 0 amide bonds. The van der Waals surface area contributed by atoms with Crippen molar-refractivity contribution < 1.29 is 9.47 Å². The topological polar surface area (TPSA) is 33.7 Å². The van der Waals surface area contributed by atoms with Crippen LogP contribution in [0.5, 0.6) is 5.75 Å². The molecule has 2 saturated heterocycles. The maximum atomic E-state index is 6.07. The summed E-state index contributed by atoms with van der Waals surface area (Å²) in [5.41, 5.74) is 2.52. The van der Waals surface area contributed by atoms with E-state index in [1.807, 2.05) is 0 Å². The van der Waals surface area contributed by atoms with E-state index < -0.39 is 0 Å². The van der Waals surface area contributed by atoms with Crippen LogP contribution in [0.4, 0.5) is 5.69 Å². The summed E-state index contributed by atoms with van der Waals surface area (Å²) >= 11 is 0. The molecule has 110 valence electrons. The van der Waals surface area contributed by atoms with Crippen molar-refractivity contribution in [2.24, 2.45) is 0 Å². The number of rotatable bonds is 3. The summed E-state index contributed by atoms with van der Waals surface area (Å²) in [6.45, 7) is 8.02. The number of nitrogens with zero attached hydrogens (tertiary/aromatic N) is 1. The van der Waals surface area contributed by atoms with Gasteiger partial charge in [0.05, 0.1) is 6.61 Å². The van der Waals surface area contributed by atoms with Crippen molar-refractivity contribution in [3.05, 3.63) is 23.8 Å². The summed E-state index contributed by atoms with van der Waals surface area (Å²) in [6.07, 6.45) is 2.41. The number of anilines is 1. The van der Waals surface area contributed by atoms with Gasteiger partial charge in [-0.15, -0.1) is 0 Å². The molecule has 0 radical (unpaired) electrons. The van der Waals surface area contributed by atoms with Gasteiger partial charge < -0.3 is 19.7 Å². The van der Waals surface area contributed by atoms with Gasteiger partial charge in [-0.1, -0.05) is 0 Å². The van der Waals surface area contributed by atoms with Gasteiger partial charge in [0, 0.05) is 38.5 Å². The molecule has 3 rings (SSSR count). The highest BCUT2D eigenvalue weighted by molar-refractivity contribution is 5.53. The quantitative estimate of drug-likeness (QED) is 0.915. The zero-order chi connectivity index (χ0) is 13.8. The molecule has 0 bridgehead atoms. The molecular weight excluding hydrogens is 252 g/mol. The molecule has 1 unspecified atom stereocenters. The van der Waals surface area contributed by atoms with Gasteiger partial charge in [-0.3, -0.25) is 0 Å². The molecule has 0 aromatic heterocycles. The predicted molar refractivity (Wildman–Crippen MR) is 80.7 cm³/mol. The Labute approximate surface area is 121 Å². The minimum Gasteiger partial charge on any atom is -0.488 e. The van der Waals surface area contributed by atoms with Gasteiger partial charge in [-0.2, -0.15) is 0 Å². The first-order valence-electron chi connectivity index (χ1n) is 7.63. The first kappa shape index (κ1) is 13.7. The third-order valence-corrected chi connectivity index (χ3v) is 4.05. The minimum atomic E-state index is 0.215. The second kappa shape index (κ2) is 6.46. The predicted octanol–water partition coefficient (Wildman–Crippen LogP) is 1.96. The number of benzene rings is 1. The van der Waals surface area contributed by atoms with E-state index in [1.165, 1.54) is 11.3 Å². The van der Waals surface area contributed by atoms with E-state index in [0.29, 0.717) is 0 Å². The lowest BCUT2D eigenvalue weighted by atomic mass is 10.1. The molecule has 1 N–H and O–H groups in total. The van der Waals surface area contributed by atoms with Crippen LogP contribution < -0.4 is 15.0 Å². The summed E-state index contributed by atoms with van der Waals surface area (Å²) in [5, 5.41) is 3.38. The van der Waals surface area contributed by atoms with Crippen molar-refractivity contribution in [1.29, 1.82) is 0 Å². The maximum Gasteiger partial charge on any atom is 0.122 e. The molecular formula is C16H24N2O2. The van der Waals surface area contributed by atoms with E-state index in [2.05, 4.69) is 35.3 Å². The first-order chi connectivity index (χ1) is 9.83. The largest absolute Gasteiger partial charge is 0.488 e. The van der Waals surface area contributed by atoms with Crippen LogP contribution >= 0.6 is 0 Å². The molecule has 1 aromatic rings. The van der Waals surface area contributed by atoms with Crippen LogP contribution in [0.15, 0.2) is 18.2 Å². The van der Waals surface area contributed by atoms with E-state index >= 15 is 0 Å². The van der Waals surface area contributed by atoms with Crippen molar-refractivity contribution in [2.75, 3.05) is 44.3 Å². The maximum absolute atomic E-state index is 6.07. The summed E-state index contributed by atoms with van der Waals surface area (Å²) in [4.78, 5) is 2.43. The molecule has 2 aliphatic heterocycles. The van der Waals surface area contributed by atoms with Gasteiger partial charge in [0.1, 0.15) is 11.9 Å². The van der Waals surface area contributed by atoms with Crippen molar-refractivity contribution >= 4 is 5.69 Å². The number of nitrogens with one attached hydrogen (secondary N) is 1. The summed E-state index contributed by atoms with van der Waals surface area (Å²) in [7, 11) is 0. The number of aryl methyl sites for hydroxylation is 1. The van der Waals surface area contributed by atoms with Crippen LogP contribution in [-0.4, -0.2) is 45.5 Å². The third-order valence-electron chi connectivity index (χ3n) is 4.05. The van der Waals surface area contributed by atoms with E-state index in [-0.39, 0.29) is 6.10 Å². The fourth-order valence-electron chi connectivity index (χ4n) is 2.87. The Morgan fingerprint density at radius 1 is 1.30 bits per heavy atom. The fraction of sp³-hybridized carbons (Fsp3) is 0.625. The Bertz CT molecular complexity index is 438. The van der Waals surface area contributed by atoms with E-state index in [4.69, 9.17) is 9.47 Å². The highest BCUT2D eigenvalue weighted by Crippen LogP contribution is 2.26. The molecule has 2 aliphatic rings. The summed E-state index contributed by atoms with van der Waals surface area (Å²) in [6, 6.07) is 6.53. The smallest absolute Gasteiger partial charge is 0.122 e. The third kappa shape index (κ3) is 3.25. The normalized spacial score (nSPS) is 23.6. The van der Waals surface area contributed by atoms with E-state index in [9.17, 15) is 0 Å². The second-order valence-electron chi connectivity index (χ2n) is 5.64. The Morgan fingerprint density at radius 2 is 2.15 bits per heavy atom. The van der Waals surface area contributed by atoms with Crippen LogP contribution in [0.1, 0.15) is 18.4 Å². The van der Waals surface area contributed by atoms with Crippen LogP contribution in [-0.2, 0) is 4.74 Å². The van der Waals surface area contributed by atoms with Crippen LogP contribution in [0.2, 0.25) is 0 Å². The molecule has 0 saturated carbocycles. The molecule has 0 spiro atoms. The number of hydrogen-bond acceptors (Lipinski definition) is 4. The monoisotopic (exact) mass is 276 g/mol. The molecule has 4 heteroatoms. The van der Waals surface area contributed by atoms with Crippen molar-refractivity contribution in [3.63, 3.8) is 0 Å². The van der Waals surface area contributed by atoms with Gasteiger partial charge in [0.2, 0.25) is 0 Å². The minimum absolute atomic E-state index is 0.215. The molecule has 4 nitrogen and oxygen atoms in total. The summed E-state index contributed by atoms with van der Waals surface area (Å²) < 4.78 is 11.5. The van der Waals surface area contributed by atoms with Crippen molar-refractivity contribution in [2.45, 2.75) is 25.9 Å². The first-order valence-corrected chi connectivity index (χ1v) is 7.63. The lowest BCUT2D eigenvalue weighted by Gasteiger charge is -2.30. The lowest BCUT2D eigenvalue weighted by molar-refractivity contribution is 0.00716. The average Bonchev–Trinajstić information content (AvgIpc) is 2.51. The number of ether oxygens (including phenoxy) is 2. The van der Waals surface area contributed by atoms with Crippen LogP contribution in [0.3, 0.4) is 0 Å². The van der Waals surface area contributed by atoms with Crippen molar-refractivity contribution in [1.82, 2.24) is 5.32 Å². The molecule has 20 heavy (non-hydrogen) atoms. The zero-order valence-corrected chi connectivity index (χ0v) is 12.2. The second-order valence-corrected chi connectivity index (χ2v) is 5.64. The lowest BCUT2D eigenvalue weighted by Crippen LogP contribution is -2.43. The Morgan fingerprint density at radius 3 is 2.85 bits per heavy atom. The van der Waals surface area contributed by atoms with Crippen molar-refractivity contribution in [3.8, 4) is 5.75 Å². The van der Waals surface area contributed by atoms with Gasteiger partial charge in [-0.25, -0.2) is 0 Å². The number of piperazine rings is 1. The summed E-state index contributed by atoms with van der Waals surface area (Å²) in [5.74, 6) is 0.999. The van der Waals surface area contributed by atoms with E-state index in [0.717, 1.165) is 58.0 Å². The number of hydrogen-bond donors (Lipinski definition) is 1.